The fraction of sp³-hybridized carbons (Fsp3) is 0.889. The highest BCUT2D eigenvalue weighted by molar-refractivity contribution is 7.94. The van der Waals surface area contributed by atoms with Crippen molar-refractivity contribution in [3.8, 4) is 0 Å². The highest BCUT2D eigenvalue weighted by atomic mass is 32.2. The van der Waals surface area contributed by atoms with Crippen LogP contribution >= 0.6 is 12.0 Å². The SMILES string of the molecule is CCN(CC)CCCC(=O)OSC. The van der Waals surface area contributed by atoms with E-state index in [1.165, 1.54) is 0 Å². The summed E-state index contributed by atoms with van der Waals surface area (Å²) in [6.45, 7) is 7.34. The Bertz CT molecular complexity index is 138. The smallest absolute Gasteiger partial charge is 0.317 e. The highest BCUT2D eigenvalue weighted by Crippen LogP contribution is 2.02. The monoisotopic (exact) mass is 205 g/mol. The molecule has 3 nitrogen and oxygen atoms in total. The Morgan fingerprint density at radius 2 is 2.00 bits per heavy atom. The molecule has 0 aromatic rings. The highest BCUT2D eigenvalue weighted by Gasteiger charge is 2.04. The number of carbonyl (C=O) groups is 1. The molecule has 0 rings (SSSR count). The maximum atomic E-state index is 10.9. The summed E-state index contributed by atoms with van der Waals surface area (Å²) in [5.74, 6) is -0.111. The molecule has 0 atom stereocenters. The van der Waals surface area contributed by atoms with Crippen molar-refractivity contribution in [1.29, 1.82) is 0 Å². The van der Waals surface area contributed by atoms with Crippen LogP contribution in [0.4, 0.5) is 0 Å². The maximum absolute atomic E-state index is 10.9. The molecule has 0 aliphatic carbocycles. The molecule has 0 aliphatic rings. The van der Waals surface area contributed by atoms with Crippen LogP contribution in [0.2, 0.25) is 0 Å². The predicted octanol–water partition coefficient (Wildman–Crippen LogP) is 1.93. The Morgan fingerprint density at radius 3 is 2.46 bits per heavy atom. The minimum absolute atomic E-state index is 0.111. The minimum atomic E-state index is -0.111. The van der Waals surface area contributed by atoms with Crippen LogP contribution in [0.1, 0.15) is 26.7 Å². The van der Waals surface area contributed by atoms with Crippen molar-refractivity contribution in [3.05, 3.63) is 0 Å². The molecule has 13 heavy (non-hydrogen) atoms. The third-order valence-corrected chi connectivity index (χ3v) is 2.28. The molecule has 0 bridgehead atoms. The zero-order valence-corrected chi connectivity index (χ0v) is 9.52. The van der Waals surface area contributed by atoms with Crippen LogP contribution in [-0.2, 0) is 8.98 Å². The van der Waals surface area contributed by atoms with Gasteiger partial charge >= 0.3 is 5.97 Å². The largest absolute Gasteiger partial charge is 0.392 e. The van der Waals surface area contributed by atoms with Crippen molar-refractivity contribution in [2.75, 3.05) is 25.9 Å². The average Bonchev–Trinajstić information content (AvgIpc) is 2.13. The van der Waals surface area contributed by atoms with E-state index >= 15 is 0 Å². The van der Waals surface area contributed by atoms with Crippen LogP contribution in [-0.4, -0.2) is 36.8 Å². The van der Waals surface area contributed by atoms with E-state index < -0.39 is 0 Å². The molecule has 0 aliphatic heterocycles. The summed E-state index contributed by atoms with van der Waals surface area (Å²) in [4.78, 5) is 13.2. The van der Waals surface area contributed by atoms with Gasteiger partial charge in [0.15, 0.2) is 0 Å². The Balaban J connectivity index is 3.37. The van der Waals surface area contributed by atoms with E-state index in [2.05, 4.69) is 18.7 Å². The summed E-state index contributed by atoms with van der Waals surface area (Å²) in [7, 11) is 0. The Labute approximate surface area is 85.0 Å². The minimum Gasteiger partial charge on any atom is -0.392 e. The van der Waals surface area contributed by atoms with Crippen LogP contribution in [0, 0.1) is 0 Å². The van der Waals surface area contributed by atoms with E-state index in [1.807, 2.05) is 0 Å². The zero-order chi connectivity index (χ0) is 10.1. The summed E-state index contributed by atoms with van der Waals surface area (Å²) in [5.41, 5.74) is 0. The van der Waals surface area contributed by atoms with E-state index in [1.54, 1.807) is 6.26 Å². The first-order valence-electron chi connectivity index (χ1n) is 4.70. The zero-order valence-electron chi connectivity index (χ0n) is 8.71. The van der Waals surface area contributed by atoms with E-state index in [4.69, 9.17) is 4.18 Å². The third-order valence-electron chi connectivity index (χ3n) is 1.93. The summed E-state index contributed by atoms with van der Waals surface area (Å²) in [6.07, 6.45) is 3.17. The first kappa shape index (κ1) is 12.8. The lowest BCUT2D eigenvalue weighted by molar-refractivity contribution is -0.133. The molecular weight excluding hydrogens is 186 g/mol. The molecule has 0 aromatic heterocycles. The second-order valence-electron chi connectivity index (χ2n) is 2.75. The van der Waals surface area contributed by atoms with E-state index in [-0.39, 0.29) is 5.97 Å². The van der Waals surface area contributed by atoms with Gasteiger partial charge in [0, 0.05) is 12.7 Å². The first-order chi connectivity index (χ1) is 6.24. The van der Waals surface area contributed by atoms with Crippen molar-refractivity contribution in [3.63, 3.8) is 0 Å². The Morgan fingerprint density at radius 1 is 1.38 bits per heavy atom. The molecule has 0 unspecified atom stereocenters. The summed E-state index contributed by atoms with van der Waals surface area (Å²) >= 11 is 1.12. The molecule has 78 valence electrons. The molecule has 0 amide bonds. The topological polar surface area (TPSA) is 29.5 Å². The molecular formula is C9H19NO2S. The van der Waals surface area contributed by atoms with Gasteiger partial charge in [-0.1, -0.05) is 13.8 Å². The van der Waals surface area contributed by atoms with E-state index in [9.17, 15) is 4.79 Å². The Hall–Kier alpha value is -0.220. The molecule has 0 heterocycles. The molecule has 0 saturated heterocycles. The molecule has 0 fully saturated rings. The fourth-order valence-corrected chi connectivity index (χ4v) is 1.39. The van der Waals surface area contributed by atoms with Gasteiger partial charge in [-0.05, 0) is 26.1 Å². The number of nitrogens with zero attached hydrogens (tertiary/aromatic N) is 1. The van der Waals surface area contributed by atoms with Gasteiger partial charge in [-0.15, -0.1) is 0 Å². The molecule has 0 N–H and O–H groups in total. The lowest BCUT2D eigenvalue weighted by Gasteiger charge is -2.16. The molecule has 0 spiro atoms. The van der Waals surface area contributed by atoms with Crippen LogP contribution in [0.3, 0.4) is 0 Å². The van der Waals surface area contributed by atoms with Gasteiger partial charge in [0.05, 0.1) is 12.0 Å². The van der Waals surface area contributed by atoms with E-state index in [0.29, 0.717) is 6.42 Å². The van der Waals surface area contributed by atoms with Crippen LogP contribution in [0.15, 0.2) is 0 Å². The fourth-order valence-electron chi connectivity index (χ4n) is 1.12. The first-order valence-corrected chi connectivity index (χ1v) is 5.85. The Kier molecular flexibility index (Phi) is 8.24. The summed E-state index contributed by atoms with van der Waals surface area (Å²) in [6, 6.07) is 0. The second-order valence-corrected chi connectivity index (χ2v) is 3.25. The average molecular weight is 205 g/mol. The number of hydrogen-bond acceptors (Lipinski definition) is 4. The van der Waals surface area contributed by atoms with Crippen LogP contribution in [0.25, 0.3) is 0 Å². The summed E-state index contributed by atoms with van der Waals surface area (Å²) in [5, 5.41) is 0. The van der Waals surface area contributed by atoms with Crippen molar-refractivity contribution in [2.24, 2.45) is 0 Å². The maximum Gasteiger partial charge on any atom is 0.317 e. The third kappa shape index (κ3) is 6.90. The number of rotatable bonds is 7. The molecule has 4 heteroatoms. The molecule has 0 saturated carbocycles. The van der Waals surface area contributed by atoms with Gasteiger partial charge in [0.25, 0.3) is 0 Å². The van der Waals surface area contributed by atoms with Gasteiger partial charge in [0.1, 0.15) is 0 Å². The number of hydrogen-bond donors (Lipinski definition) is 0. The van der Waals surface area contributed by atoms with Gasteiger partial charge in [0.2, 0.25) is 0 Å². The van der Waals surface area contributed by atoms with Crippen molar-refractivity contribution in [2.45, 2.75) is 26.7 Å². The second kappa shape index (κ2) is 8.38. The van der Waals surface area contributed by atoms with Crippen LogP contribution in [0.5, 0.6) is 0 Å². The normalized spacial score (nSPS) is 10.5. The van der Waals surface area contributed by atoms with Crippen LogP contribution < -0.4 is 0 Å². The lowest BCUT2D eigenvalue weighted by atomic mass is 10.3. The van der Waals surface area contributed by atoms with Gasteiger partial charge in [-0.2, -0.15) is 0 Å². The number of carbonyl (C=O) groups excluding carboxylic acids is 1. The van der Waals surface area contributed by atoms with Gasteiger partial charge in [-0.25, -0.2) is 0 Å². The van der Waals surface area contributed by atoms with Crippen molar-refractivity contribution >= 4 is 18.0 Å². The van der Waals surface area contributed by atoms with Gasteiger partial charge < -0.3 is 9.08 Å². The van der Waals surface area contributed by atoms with Gasteiger partial charge in [-0.3, -0.25) is 4.79 Å². The standard InChI is InChI=1S/C9H19NO2S/c1-4-10(5-2)8-6-7-9(11)12-13-3/h4-8H2,1-3H3. The quantitative estimate of drug-likeness (QED) is 0.594. The van der Waals surface area contributed by atoms with E-state index in [0.717, 1.165) is 38.1 Å². The van der Waals surface area contributed by atoms with Crippen molar-refractivity contribution in [1.82, 2.24) is 4.90 Å². The molecule has 0 radical (unpaired) electrons. The lowest BCUT2D eigenvalue weighted by Crippen LogP contribution is -2.24. The summed E-state index contributed by atoms with van der Waals surface area (Å²) < 4.78 is 4.75. The molecule has 0 aromatic carbocycles. The predicted molar refractivity (Wildman–Crippen MR) is 56.6 cm³/mol. The van der Waals surface area contributed by atoms with Crippen molar-refractivity contribution < 1.29 is 8.98 Å².